The normalized spacial score (nSPS) is 9.07. The van der Waals surface area contributed by atoms with Crippen molar-refractivity contribution in [2.45, 2.75) is 13.2 Å². The SMILES string of the molecule is [O-]c1ccccc1.[O-]c1ccccc1.[Y+2].c1ccc(COCc2ccccc2)cc1. The molecule has 4 rings (SSSR count). The Kier molecular flexibility index (Phi) is 13.9. The number of benzene rings is 4. The van der Waals surface area contributed by atoms with Crippen LogP contribution in [0.3, 0.4) is 0 Å². The van der Waals surface area contributed by atoms with Crippen LogP contribution >= 0.6 is 0 Å². The number of hydrogen-bond acceptors (Lipinski definition) is 3. The number of ether oxygens (including phenoxy) is 1. The maximum atomic E-state index is 10.3. The maximum absolute atomic E-state index is 10.3. The van der Waals surface area contributed by atoms with Crippen LogP contribution in [0.1, 0.15) is 11.1 Å². The van der Waals surface area contributed by atoms with E-state index >= 15 is 0 Å². The van der Waals surface area contributed by atoms with E-state index in [0.29, 0.717) is 13.2 Å². The zero-order valence-electron chi connectivity index (χ0n) is 16.8. The summed E-state index contributed by atoms with van der Waals surface area (Å²) in [5, 5.41) is 20.5. The van der Waals surface area contributed by atoms with Gasteiger partial charge in [0.2, 0.25) is 0 Å². The Morgan fingerprint density at radius 1 is 0.433 bits per heavy atom. The topological polar surface area (TPSA) is 55.3 Å². The molecular weight excluding hydrogens is 449 g/mol. The molecule has 0 aliphatic carbocycles. The van der Waals surface area contributed by atoms with E-state index in [0.717, 1.165) is 0 Å². The van der Waals surface area contributed by atoms with Crippen molar-refractivity contribution in [3.63, 3.8) is 0 Å². The molecule has 0 unspecified atom stereocenters. The van der Waals surface area contributed by atoms with E-state index in [1.165, 1.54) is 35.4 Å². The van der Waals surface area contributed by atoms with E-state index in [-0.39, 0.29) is 44.2 Å². The van der Waals surface area contributed by atoms with Gasteiger partial charge in [0.05, 0.1) is 13.2 Å². The third kappa shape index (κ3) is 12.2. The largest absolute Gasteiger partial charge is 2.00 e. The molecule has 0 atom stereocenters. The Balaban J connectivity index is 0.000000251. The van der Waals surface area contributed by atoms with Gasteiger partial charge in [0.25, 0.3) is 0 Å². The van der Waals surface area contributed by atoms with Gasteiger partial charge < -0.3 is 14.9 Å². The molecule has 0 aliphatic heterocycles. The van der Waals surface area contributed by atoms with Crippen molar-refractivity contribution in [3.8, 4) is 11.5 Å². The van der Waals surface area contributed by atoms with E-state index in [1.54, 1.807) is 24.3 Å². The summed E-state index contributed by atoms with van der Waals surface area (Å²) in [5.74, 6) is 0.144. The van der Waals surface area contributed by atoms with Crippen LogP contribution in [-0.4, -0.2) is 0 Å². The van der Waals surface area contributed by atoms with Gasteiger partial charge in [-0.1, -0.05) is 121 Å². The zero-order chi connectivity index (χ0) is 20.6. The first-order valence-electron chi connectivity index (χ1n) is 9.34. The second-order valence-corrected chi connectivity index (χ2v) is 6.09. The summed E-state index contributed by atoms with van der Waals surface area (Å²) in [6.07, 6.45) is 0. The Morgan fingerprint density at radius 3 is 0.933 bits per heavy atom. The fourth-order valence-corrected chi connectivity index (χ4v) is 2.28. The molecule has 0 aromatic heterocycles. The van der Waals surface area contributed by atoms with Crippen molar-refractivity contribution in [3.05, 3.63) is 132 Å². The minimum absolute atomic E-state index is 0. The Morgan fingerprint density at radius 2 is 0.700 bits per heavy atom. The molecule has 30 heavy (non-hydrogen) atoms. The van der Waals surface area contributed by atoms with Crippen LogP contribution in [-0.2, 0) is 50.7 Å². The van der Waals surface area contributed by atoms with Crippen molar-refractivity contribution in [1.82, 2.24) is 0 Å². The minimum Gasteiger partial charge on any atom is -0.872 e. The molecule has 0 amide bonds. The number of para-hydroxylation sites is 2. The first-order valence-corrected chi connectivity index (χ1v) is 9.34. The zero-order valence-corrected chi connectivity index (χ0v) is 19.6. The maximum Gasteiger partial charge on any atom is 2.00 e. The smallest absolute Gasteiger partial charge is 0.872 e. The molecule has 4 aromatic rings. The molecule has 0 N–H and O–H groups in total. The van der Waals surface area contributed by atoms with Gasteiger partial charge in [-0.3, -0.25) is 0 Å². The van der Waals surface area contributed by atoms with Crippen LogP contribution in [0.2, 0.25) is 0 Å². The van der Waals surface area contributed by atoms with Gasteiger partial charge in [-0.05, 0) is 11.1 Å². The van der Waals surface area contributed by atoms with Crippen LogP contribution in [0.4, 0.5) is 0 Å². The van der Waals surface area contributed by atoms with Gasteiger partial charge in [0, 0.05) is 0 Å². The molecule has 1 radical (unpaired) electrons. The summed E-state index contributed by atoms with van der Waals surface area (Å²) in [7, 11) is 0. The second kappa shape index (κ2) is 16.4. The molecule has 0 spiro atoms. The molecule has 4 heteroatoms. The molecule has 0 aliphatic rings. The summed E-state index contributed by atoms with van der Waals surface area (Å²) in [5.41, 5.74) is 2.43. The van der Waals surface area contributed by atoms with E-state index < -0.39 is 0 Å². The molecule has 0 saturated heterocycles. The molecular formula is C26H24O3Y. The average molecular weight is 473 g/mol. The summed E-state index contributed by atoms with van der Waals surface area (Å²) < 4.78 is 5.61. The fraction of sp³-hybridized carbons (Fsp3) is 0.0769. The summed E-state index contributed by atoms with van der Waals surface area (Å²) >= 11 is 0. The summed E-state index contributed by atoms with van der Waals surface area (Å²) in [4.78, 5) is 0. The predicted molar refractivity (Wildman–Crippen MR) is 113 cm³/mol. The summed E-state index contributed by atoms with van der Waals surface area (Å²) in [6.45, 7) is 1.35. The van der Waals surface area contributed by atoms with Crippen molar-refractivity contribution in [2.75, 3.05) is 0 Å². The number of hydrogen-bond donors (Lipinski definition) is 0. The third-order valence-electron chi connectivity index (χ3n) is 3.71. The van der Waals surface area contributed by atoms with Crippen molar-refractivity contribution in [1.29, 1.82) is 0 Å². The average Bonchev–Trinajstić information content (AvgIpc) is 2.77. The van der Waals surface area contributed by atoms with Gasteiger partial charge in [-0.15, -0.1) is 11.5 Å². The first kappa shape index (κ1) is 25.6. The Labute approximate surface area is 203 Å². The first-order chi connectivity index (χ1) is 14.2. The molecule has 3 nitrogen and oxygen atoms in total. The number of rotatable bonds is 4. The van der Waals surface area contributed by atoms with Crippen molar-refractivity contribution in [2.24, 2.45) is 0 Å². The molecule has 0 bridgehead atoms. The Bertz CT molecular complexity index is 809. The van der Waals surface area contributed by atoms with Gasteiger partial charge in [-0.2, -0.15) is 0 Å². The van der Waals surface area contributed by atoms with Gasteiger partial charge in [-0.25, -0.2) is 0 Å². The van der Waals surface area contributed by atoms with E-state index in [2.05, 4.69) is 24.3 Å². The Hall–Kier alpha value is -2.46. The van der Waals surface area contributed by atoms with Crippen LogP contribution in [0.5, 0.6) is 11.5 Å². The molecule has 4 aromatic carbocycles. The van der Waals surface area contributed by atoms with E-state index in [1.807, 2.05) is 48.5 Å². The molecule has 0 fully saturated rings. The molecule has 0 saturated carbocycles. The minimum atomic E-state index is 0. The monoisotopic (exact) mass is 473 g/mol. The predicted octanol–water partition coefficient (Wildman–Crippen LogP) is 4.92. The second-order valence-electron chi connectivity index (χ2n) is 6.09. The van der Waals surface area contributed by atoms with Gasteiger partial charge >= 0.3 is 32.7 Å². The summed E-state index contributed by atoms with van der Waals surface area (Å²) in [6, 6.07) is 37.1. The van der Waals surface area contributed by atoms with Gasteiger partial charge in [0.1, 0.15) is 0 Å². The quantitative estimate of drug-likeness (QED) is 0.423. The van der Waals surface area contributed by atoms with Crippen molar-refractivity contribution >= 4 is 0 Å². The fourth-order valence-electron chi connectivity index (χ4n) is 2.28. The molecule has 0 heterocycles. The van der Waals surface area contributed by atoms with E-state index in [4.69, 9.17) is 4.74 Å². The van der Waals surface area contributed by atoms with E-state index in [9.17, 15) is 10.2 Å². The van der Waals surface area contributed by atoms with Crippen LogP contribution in [0.25, 0.3) is 0 Å². The molecule has 149 valence electrons. The van der Waals surface area contributed by atoms with Crippen molar-refractivity contribution < 1.29 is 47.7 Å². The van der Waals surface area contributed by atoms with Crippen LogP contribution in [0.15, 0.2) is 121 Å². The standard InChI is InChI=1S/C14H14O.2C6H6O.Y/c1-3-7-13(8-4-1)11-15-12-14-9-5-2-6-10-14;2*7-6-4-2-1-3-5-6;/h1-10H,11-12H2;2*1-5,7H;/q;;;+2/p-2. The van der Waals surface area contributed by atoms with Crippen LogP contribution < -0.4 is 10.2 Å². The van der Waals surface area contributed by atoms with Crippen LogP contribution in [0, 0.1) is 0 Å². The third-order valence-corrected chi connectivity index (χ3v) is 3.71. The van der Waals surface area contributed by atoms with Gasteiger partial charge in [0.15, 0.2) is 0 Å².